The van der Waals surface area contributed by atoms with Gasteiger partial charge in [-0.1, -0.05) is 17.7 Å². The number of oxazole rings is 1. The molecular formula is C23H17ClF6N2O2. The predicted molar refractivity (Wildman–Crippen MR) is 113 cm³/mol. The second-order valence-corrected chi connectivity index (χ2v) is 8.32. The number of alkyl halides is 6. The minimum absolute atomic E-state index is 0.112. The van der Waals surface area contributed by atoms with Crippen LogP contribution < -0.4 is 0 Å². The maximum absolute atomic E-state index is 13.3. The summed E-state index contributed by atoms with van der Waals surface area (Å²) < 4.78 is 87.0. The molecule has 2 aromatic heterocycles. The molecule has 0 aliphatic carbocycles. The lowest BCUT2D eigenvalue weighted by molar-refractivity contribution is -0.376. The summed E-state index contributed by atoms with van der Waals surface area (Å²) in [6.07, 6.45) is -11.9. The van der Waals surface area contributed by atoms with Gasteiger partial charge in [0.1, 0.15) is 11.5 Å². The Labute approximate surface area is 194 Å². The van der Waals surface area contributed by atoms with Crippen LogP contribution in [0.1, 0.15) is 22.7 Å². The molecule has 2 aromatic carbocycles. The summed E-state index contributed by atoms with van der Waals surface area (Å²) in [5.74, 6) is 0.854. The topological polar surface area (TPSA) is 51.2 Å². The Hall–Kier alpha value is -2.98. The van der Waals surface area contributed by atoms with E-state index in [1.54, 1.807) is 42.7 Å². The molecule has 4 aromatic rings. The second kappa shape index (κ2) is 8.06. The lowest BCUT2D eigenvalue weighted by Gasteiger charge is -2.32. The number of rotatable bonds is 4. The number of aryl methyl sites for hydroxylation is 2. The van der Waals surface area contributed by atoms with Gasteiger partial charge in [0.2, 0.25) is 5.89 Å². The molecule has 0 saturated carbocycles. The zero-order valence-electron chi connectivity index (χ0n) is 17.7. The maximum Gasteiger partial charge on any atom is 0.430 e. The van der Waals surface area contributed by atoms with Crippen molar-refractivity contribution in [3.05, 3.63) is 76.3 Å². The lowest BCUT2D eigenvalue weighted by atomic mass is 9.91. The van der Waals surface area contributed by atoms with Crippen molar-refractivity contribution in [2.45, 2.75) is 38.3 Å². The molecule has 4 rings (SSSR count). The van der Waals surface area contributed by atoms with Crippen molar-refractivity contribution in [2.75, 3.05) is 0 Å². The van der Waals surface area contributed by atoms with Crippen LogP contribution in [0.4, 0.5) is 26.3 Å². The van der Waals surface area contributed by atoms with Crippen LogP contribution in [0.25, 0.3) is 22.4 Å². The standard InChI is InChI=1S/C23H17ClF6N2O2/c1-12-9-15-10-16(21(33,22(25,26)27)23(28,29)30)5-8-19(15)32(12)11-18-13(2)34-20(31-18)14-3-6-17(24)7-4-14/h3-10,33H,11H2,1-2H3. The Morgan fingerprint density at radius 3 is 2.15 bits per heavy atom. The minimum Gasteiger partial charge on any atom is -0.441 e. The van der Waals surface area contributed by atoms with Gasteiger partial charge in [0.25, 0.3) is 5.60 Å². The highest BCUT2D eigenvalue weighted by atomic mass is 35.5. The van der Waals surface area contributed by atoms with Crippen molar-refractivity contribution in [1.29, 1.82) is 0 Å². The van der Waals surface area contributed by atoms with Crippen LogP contribution in [-0.2, 0) is 12.1 Å². The first-order chi connectivity index (χ1) is 15.7. The van der Waals surface area contributed by atoms with Gasteiger partial charge in [-0.05, 0) is 56.3 Å². The summed E-state index contributed by atoms with van der Waals surface area (Å²) in [6.45, 7) is 3.53. The van der Waals surface area contributed by atoms with Gasteiger partial charge in [-0.25, -0.2) is 4.98 Å². The maximum atomic E-state index is 13.3. The number of aliphatic hydroxyl groups is 1. The largest absolute Gasteiger partial charge is 0.441 e. The summed E-state index contributed by atoms with van der Waals surface area (Å²) in [7, 11) is 0. The highest BCUT2D eigenvalue weighted by Crippen LogP contribution is 2.50. The van der Waals surface area contributed by atoms with E-state index in [0.717, 1.165) is 6.07 Å². The van der Waals surface area contributed by atoms with E-state index in [1.807, 2.05) is 0 Å². The number of hydrogen-bond acceptors (Lipinski definition) is 3. The summed E-state index contributed by atoms with van der Waals surface area (Å²) in [5.41, 5.74) is -4.11. The molecule has 0 radical (unpaired) electrons. The fourth-order valence-corrected chi connectivity index (χ4v) is 3.90. The monoisotopic (exact) mass is 502 g/mol. The van der Waals surface area contributed by atoms with Crippen LogP contribution in [0.2, 0.25) is 5.02 Å². The van der Waals surface area contributed by atoms with Gasteiger partial charge in [-0.15, -0.1) is 0 Å². The fourth-order valence-electron chi connectivity index (χ4n) is 3.77. The normalized spacial score (nSPS) is 13.1. The number of fused-ring (bicyclic) bond motifs is 1. The molecule has 0 aliphatic rings. The summed E-state index contributed by atoms with van der Waals surface area (Å²) in [5, 5.41) is 10.4. The Kier molecular flexibility index (Phi) is 5.72. The van der Waals surface area contributed by atoms with Gasteiger partial charge in [0.15, 0.2) is 0 Å². The molecular weight excluding hydrogens is 486 g/mol. The van der Waals surface area contributed by atoms with E-state index >= 15 is 0 Å². The number of benzene rings is 2. The van der Waals surface area contributed by atoms with E-state index in [-0.39, 0.29) is 11.9 Å². The molecule has 4 nitrogen and oxygen atoms in total. The smallest absolute Gasteiger partial charge is 0.430 e. The van der Waals surface area contributed by atoms with Crippen LogP contribution in [-0.4, -0.2) is 27.0 Å². The van der Waals surface area contributed by atoms with Gasteiger partial charge in [-0.3, -0.25) is 0 Å². The summed E-state index contributed by atoms with van der Waals surface area (Å²) >= 11 is 5.90. The van der Waals surface area contributed by atoms with Crippen molar-refractivity contribution < 1.29 is 35.9 Å². The fraction of sp³-hybridized carbons (Fsp3) is 0.261. The third-order valence-electron chi connectivity index (χ3n) is 5.64. The zero-order chi connectivity index (χ0) is 25.1. The molecule has 2 heterocycles. The Morgan fingerprint density at radius 1 is 0.941 bits per heavy atom. The van der Waals surface area contributed by atoms with E-state index in [9.17, 15) is 31.4 Å². The number of halogens is 7. The van der Waals surface area contributed by atoms with Gasteiger partial charge in [-0.2, -0.15) is 26.3 Å². The van der Waals surface area contributed by atoms with Gasteiger partial charge >= 0.3 is 12.4 Å². The molecule has 180 valence electrons. The minimum atomic E-state index is -5.95. The molecule has 0 atom stereocenters. The van der Waals surface area contributed by atoms with Gasteiger partial charge in [0.05, 0.1) is 6.54 Å². The molecule has 0 unspecified atom stereocenters. The van der Waals surface area contributed by atoms with Crippen LogP contribution in [0.3, 0.4) is 0 Å². The van der Waals surface area contributed by atoms with Crippen LogP contribution in [0.15, 0.2) is 52.9 Å². The zero-order valence-corrected chi connectivity index (χ0v) is 18.5. The third-order valence-corrected chi connectivity index (χ3v) is 5.89. The van der Waals surface area contributed by atoms with Crippen LogP contribution in [0.5, 0.6) is 0 Å². The number of hydrogen-bond donors (Lipinski definition) is 1. The van der Waals surface area contributed by atoms with Crippen LogP contribution >= 0.6 is 11.6 Å². The highest BCUT2D eigenvalue weighted by molar-refractivity contribution is 6.30. The molecule has 1 N–H and O–H groups in total. The average molecular weight is 503 g/mol. The first-order valence-electron chi connectivity index (χ1n) is 9.91. The van der Waals surface area contributed by atoms with Gasteiger partial charge < -0.3 is 14.1 Å². The van der Waals surface area contributed by atoms with Crippen molar-refractivity contribution in [3.8, 4) is 11.5 Å². The molecule has 0 bridgehead atoms. The quantitative estimate of drug-likeness (QED) is 0.308. The molecule has 0 saturated heterocycles. The number of aromatic nitrogens is 2. The Bertz CT molecular complexity index is 1340. The van der Waals surface area contributed by atoms with Crippen molar-refractivity contribution in [2.24, 2.45) is 0 Å². The Balaban J connectivity index is 1.74. The van der Waals surface area contributed by atoms with E-state index in [4.69, 9.17) is 16.0 Å². The third kappa shape index (κ3) is 3.94. The average Bonchev–Trinajstić information content (AvgIpc) is 3.25. The number of nitrogens with zero attached hydrogens (tertiary/aromatic N) is 2. The summed E-state index contributed by atoms with van der Waals surface area (Å²) in [6, 6.07) is 10.7. The predicted octanol–water partition coefficient (Wildman–Crippen LogP) is 6.93. The molecule has 11 heteroatoms. The van der Waals surface area contributed by atoms with E-state index in [0.29, 0.717) is 51.3 Å². The van der Waals surface area contributed by atoms with E-state index in [2.05, 4.69) is 4.98 Å². The van der Waals surface area contributed by atoms with Crippen molar-refractivity contribution in [1.82, 2.24) is 9.55 Å². The highest BCUT2D eigenvalue weighted by Gasteiger charge is 2.71. The first kappa shape index (κ1) is 24.2. The van der Waals surface area contributed by atoms with Crippen molar-refractivity contribution >= 4 is 22.5 Å². The molecule has 0 aliphatic heterocycles. The summed E-state index contributed by atoms with van der Waals surface area (Å²) in [4.78, 5) is 4.49. The second-order valence-electron chi connectivity index (χ2n) is 7.88. The van der Waals surface area contributed by atoms with Crippen molar-refractivity contribution in [3.63, 3.8) is 0 Å². The Morgan fingerprint density at radius 2 is 1.56 bits per heavy atom. The van der Waals surface area contributed by atoms with E-state index in [1.165, 1.54) is 6.07 Å². The first-order valence-corrected chi connectivity index (χ1v) is 10.3. The SMILES string of the molecule is Cc1oc(-c2ccc(Cl)cc2)nc1Cn1c(C)cc2cc(C(O)(C(F)(F)F)C(F)(F)F)ccc21. The molecule has 0 amide bonds. The van der Waals surface area contributed by atoms with E-state index < -0.39 is 23.5 Å². The van der Waals surface area contributed by atoms with Gasteiger partial charge in [0, 0.05) is 32.7 Å². The van der Waals surface area contributed by atoms with Crippen LogP contribution in [0, 0.1) is 13.8 Å². The molecule has 0 spiro atoms. The molecule has 34 heavy (non-hydrogen) atoms. The molecule has 0 fully saturated rings. The lowest BCUT2D eigenvalue weighted by Crippen LogP contribution is -2.53.